The Labute approximate surface area is 70.3 Å². The normalized spacial score (nSPS) is 13.4. The van der Waals surface area contributed by atoms with Crippen LogP contribution in [0.3, 0.4) is 0 Å². The van der Waals surface area contributed by atoms with E-state index in [0.29, 0.717) is 0 Å². The van der Waals surface area contributed by atoms with Crippen molar-refractivity contribution in [3.63, 3.8) is 0 Å². The second-order valence-corrected chi connectivity index (χ2v) is 3.32. The van der Waals surface area contributed by atoms with Crippen LogP contribution < -0.4 is 0 Å². The van der Waals surface area contributed by atoms with Crippen molar-refractivity contribution in [1.29, 1.82) is 0 Å². The number of rotatable bonds is 3. The van der Waals surface area contributed by atoms with Crippen molar-refractivity contribution in [3.8, 4) is 0 Å². The van der Waals surface area contributed by atoms with Gasteiger partial charge in [-0.15, -0.1) is 0 Å². The molecule has 1 rings (SSSR count). The standard InChI is InChI=1S/C6H10N2S2/c1-2-3-5(9)6-7-4-10-8-6/h4-5,9H,2-3H2,1H3. The summed E-state index contributed by atoms with van der Waals surface area (Å²) >= 11 is 5.73. The molecule has 0 aliphatic carbocycles. The Morgan fingerprint density at radius 3 is 3.10 bits per heavy atom. The maximum atomic E-state index is 4.35. The zero-order valence-electron chi connectivity index (χ0n) is 5.82. The molecule has 1 unspecified atom stereocenters. The summed E-state index contributed by atoms with van der Waals surface area (Å²) in [5.41, 5.74) is 1.74. The summed E-state index contributed by atoms with van der Waals surface area (Å²) in [7, 11) is 0. The van der Waals surface area contributed by atoms with Gasteiger partial charge in [-0.05, 0) is 18.0 Å². The lowest BCUT2D eigenvalue weighted by Gasteiger charge is -2.01. The summed E-state index contributed by atoms with van der Waals surface area (Å²) in [5.74, 6) is 0.871. The average Bonchev–Trinajstić information content (AvgIpc) is 2.38. The Balaban J connectivity index is 2.50. The molecule has 0 aliphatic rings. The van der Waals surface area contributed by atoms with Crippen molar-refractivity contribution in [2.24, 2.45) is 0 Å². The van der Waals surface area contributed by atoms with Gasteiger partial charge in [0.25, 0.3) is 0 Å². The van der Waals surface area contributed by atoms with E-state index in [4.69, 9.17) is 0 Å². The van der Waals surface area contributed by atoms with E-state index < -0.39 is 0 Å². The Morgan fingerprint density at radius 1 is 1.80 bits per heavy atom. The lowest BCUT2D eigenvalue weighted by atomic mass is 10.2. The summed E-state index contributed by atoms with van der Waals surface area (Å²) < 4.78 is 4.09. The predicted molar refractivity (Wildman–Crippen MR) is 46.5 cm³/mol. The molecule has 0 saturated carbocycles. The lowest BCUT2D eigenvalue weighted by Crippen LogP contribution is -1.91. The second-order valence-electron chi connectivity index (χ2n) is 2.09. The molecule has 56 valence electrons. The minimum absolute atomic E-state index is 0.233. The molecule has 0 spiro atoms. The minimum Gasteiger partial charge on any atom is -0.227 e. The van der Waals surface area contributed by atoms with Crippen LogP contribution in [-0.2, 0) is 0 Å². The van der Waals surface area contributed by atoms with E-state index in [9.17, 15) is 0 Å². The molecule has 0 amide bonds. The number of nitrogens with zero attached hydrogens (tertiary/aromatic N) is 2. The summed E-state index contributed by atoms with van der Waals surface area (Å²) in [6.07, 6.45) is 2.19. The van der Waals surface area contributed by atoms with Gasteiger partial charge in [0.15, 0.2) is 5.82 Å². The van der Waals surface area contributed by atoms with Gasteiger partial charge >= 0.3 is 0 Å². The highest BCUT2D eigenvalue weighted by Crippen LogP contribution is 2.21. The molecule has 1 aromatic heterocycles. The number of hydrogen-bond donors (Lipinski definition) is 1. The topological polar surface area (TPSA) is 25.8 Å². The van der Waals surface area contributed by atoms with E-state index in [1.807, 2.05) is 0 Å². The molecular formula is C6H10N2S2. The smallest absolute Gasteiger partial charge is 0.154 e. The van der Waals surface area contributed by atoms with Crippen LogP contribution in [0.4, 0.5) is 0 Å². The fraction of sp³-hybridized carbons (Fsp3) is 0.667. The van der Waals surface area contributed by atoms with Crippen LogP contribution in [0.1, 0.15) is 30.8 Å². The molecule has 4 heteroatoms. The first-order valence-corrected chi connectivity index (χ1v) is 4.64. The van der Waals surface area contributed by atoms with E-state index in [1.165, 1.54) is 11.5 Å². The Kier molecular flexibility index (Phi) is 3.15. The molecule has 0 bridgehead atoms. The van der Waals surface area contributed by atoms with Crippen LogP contribution in [-0.4, -0.2) is 9.36 Å². The lowest BCUT2D eigenvalue weighted by molar-refractivity contribution is 0.752. The third-order valence-corrected chi connectivity index (χ3v) is 2.22. The zero-order valence-corrected chi connectivity index (χ0v) is 7.53. The van der Waals surface area contributed by atoms with E-state index in [0.717, 1.165) is 18.7 Å². The predicted octanol–water partition coefficient (Wildman–Crippen LogP) is 2.31. The molecule has 1 atom stereocenters. The summed E-state index contributed by atoms with van der Waals surface area (Å²) in [6, 6.07) is 0. The number of thiol groups is 1. The quantitative estimate of drug-likeness (QED) is 0.712. The molecule has 0 aliphatic heterocycles. The maximum absolute atomic E-state index is 4.35. The molecule has 0 radical (unpaired) electrons. The summed E-state index contributed by atoms with van der Waals surface area (Å²) in [6.45, 7) is 2.13. The first-order valence-electron chi connectivity index (χ1n) is 3.29. The van der Waals surface area contributed by atoms with Crippen molar-refractivity contribution >= 4 is 24.2 Å². The zero-order chi connectivity index (χ0) is 7.40. The SMILES string of the molecule is CCCC(S)c1ncsn1. The molecule has 1 aromatic rings. The highest BCUT2D eigenvalue weighted by molar-refractivity contribution is 7.80. The number of hydrogen-bond acceptors (Lipinski definition) is 4. The van der Waals surface area contributed by atoms with E-state index in [-0.39, 0.29) is 5.25 Å². The summed E-state index contributed by atoms with van der Waals surface area (Å²) in [5, 5.41) is 0.233. The van der Waals surface area contributed by atoms with Gasteiger partial charge in [-0.25, -0.2) is 4.98 Å². The molecule has 1 heterocycles. The van der Waals surface area contributed by atoms with Crippen LogP contribution in [0.5, 0.6) is 0 Å². The highest BCUT2D eigenvalue weighted by Gasteiger charge is 2.07. The van der Waals surface area contributed by atoms with Crippen molar-refractivity contribution in [3.05, 3.63) is 11.3 Å². The second kappa shape index (κ2) is 3.93. The van der Waals surface area contributed by atoms with Crippen LogP contribution >= 0.6 is 24.2 Å². The molecule has 0 saturated heterocycles. The van der Waals surface area contributed by atoms with Gasteiger partial charge in [-0.2, -0.15) is 17.0 Å². The molecule has 0 fully saturated rings. The Morgan fingerprint density at radius 2 is 2.60 bits per heavy atom. The molecular weight excluding hydrogens is 164 g/mol. The Hall–Kier alpha value is -0.0900. The molecule has 0 N–H and O–H groups in total. The minimum atomic E-state index is 0.233. The van der Waals surface area contributed by atoms with Gasteiger partial charge < -0.3 is 0 Å². The van der Waals surface area contributed by atoms with E-state index in [2.05, 4.69) is 28.9 Å². The first-order chi connectivity index (χ1) is 4.84. The number of aromatic nitrogens is 2. The van der Waals surface area contributed by atoms with Crippen molar-refractivity contribution in [2.45, 2.75) is 25.0 Å². The van der Waals surface area contributed by atoms with E-state index in [1.54, 1.807) is 5.51 Å². The van der Waals surface area contributed by atoms with Gasteiger partial charge in [0, 0.05) is 0 Å². The third kappa shape index (κ3) is 1.95. The summed E-state index contributed by atoms with van der Waals surface area (Å²) in [4.78, 5) is 4.07. The van der Waals surface area contributed by atoms with Gasteiger partial charge in [0.1, 0.15) is 5.51 Å². The van der Waals surface area contributed by atoms with Crippen molar-refractivity contribution < 1.29 is 0 Å². The van der Waals surface area contributed by atoms with Gasteiger partial charge in [0.05, 0.1) is 5.25 Å². The van der Waals surface area contributed by atoms with Gasteiger partial charge in [-0.1, -0.05) is 13.3 Å². The van der Waals surface area contributed by atoms with Gasteiger partial charge in [-0.3, -0.25) is 0 Å². The Bertz CT molecular complexity index is 174. The fourth-order valence-corrected chi connectivity index (χ4v) is 1.67. The molecule has 0 aromatic carbocycles. The average molecular weight is 174 g/mol. The third-order valence-electron chi connectivity index (χ3n) is 1.24. The maximum Gasteiger partial charge on any atom is 0.154 e. The molecule has 10 heavy (non-hydrogen) atoms. The van der Waals surface area contributed by atoms with E-state index >= 15 is 0 Å². The van der Waals surface area contributed by atoms with Crippen LogP contribution in [0.25, 0.3) is 0 Å². The largest absolute Gasteiger partial charge is 0.227 e. The monoisotopic (exact) mass is 174 g/mol. The first kappa shape index (κ1) is 8.01. The van der Waals surface area contributed by atoms with Crippen molar-refractivity contribution in [2.75, 3.05) is 0 Å². The van der Waals surface area contributed by atoms with Crippen LogP contribution in [0, 0.1) is 0 Å². The van der Waals surface area contributed by atoms with Crippen molar-refractivity contribution in [1.82, 2.24) is 9.36 Å². The van der Waals surface area contributed by atoms with Crippen LogP contribution in [0.15, 0.2) is 5.51 Å². The van der Waals surface area contributed by atoms with Gasteiger partial charge in [0.2, 0.25) is 0 Å². The molecule has 2 nitrogen and oxygen atoms in total. The highest BCUT2D eigenvalue weighted by atomic mass is 32.1. The van der Waals surface area contributed by atoms with Crippen LogP contribution in [0.2, 0.25) is 0 Å². The fourth-order valence-electron chi connectivity index (χ4n) is 0.728.